The first-order valence-electron chi connectivity index (χ1n) is 26.3. The Morgan fingerprint density at radius 3 is 2.30 bits per heavy atom. The summed E-state index contributed by atoms with van der Waals surface area (Å²) in [6.45, 7) is 16.5. The number of amides is 6. The van der Waals surface area contributed by atoms with Crippen LogP contribution in [0.3, 0.4) is 0 Å². The maximum Gasteiger partial charge on any atom is 0.252 e. The maximum atomic E-state index is 15.0. The first kappa shape index (κ1) is 56.5. The van der Waals surface area contributed by atoms with Crippen LogP contribution in [0.5, 0.6) is 0 Å². The third kappa shape index (κ3) is 12.7. The van der Waals surface area contributed by atoms with E-state index in [9.17, 15) is 41.9 Å². The number of carbonyl (C=O) groups is 6. The summed E-state index contributed by atoms with van der Waals surface area (Å²) < 4.78 is 49.5. The molecule has 20 heteroatoms. The predicted octanol–water partition coefficient (Wildman–Crippen LogP) is 4.60. The van der Waals surface area contributed by atoms with Gasteiger partial charge in [-0.2, -0.15) is 0 Å². The molecule has 17 nitrogen and oxygen atoms in total. The van der Waals surface area contributed by atoms with Crippen molar-refractivity contribution in [1.82, 2.24) is 36.0 Å². The van der Waals surface area contributed by atoms with Crippen LogP contribution in [0.4, 0.5) is 30.2 Å². The van der Waals surface area contributed by atoms with E-state index >= 15 is 0 Å². The monoisotopic (exact) mass is 1060 g/mol. The third-order valence-corrected chi connectivity index (χ3v) is 15.3. The van der Waals surface area contributed by atoms with Gasteiger partial charge in [0.2, 0.25) is 29.5 Å². The second-order valence-corrected chi connectivity index (χ2v) is 22.2. The lowest BCUT2D eigenvalue weighted by molar-refractivity contribution is -0.144. The molecule has 4 aromatic carbocycles. The smallest absolute Gasteiger partial charge is 0.252 e. The molecule has 77 heavy (non-hydrogen) atoms. The zero-order valence-corrected chi connectivity index (χ0v) is 45.0. The van der Waals surface area contributed by atoms with Gasteiger partial charge in [-0.25, -0.2) is 13.2 Å². The number of morpholine rings is 1. The molecule has 412 valence electrons. The fourth-order valence-electron chi connectivity index (χ4n) is 10.7. The molecule has 6 N–H and O–H groups in total. The summed E-state index contributed by atoms with van der Waals surface area (Å²) in [6.07, 6.45) is 0.451. The number of anilines is 3. The second kappa shape index (κ2) is 23.5. The molecule has 0 aliphatic carbocycles. The van der Waals surface area contributed by atoms with Gasteiger partial charge in [-0.1, -0.05) is 57.2 Å². The van der Waals surface area contributed by atoms with Gasteiger partial charge in [-0.15, -0.1) is 0 Å². The van der Waals surface area contributed by atoms with E-state index in [2.05, 4.69) is 55.5 Å². The van der Waals surface area contributed by atoms with Crippen LogP contribution in [0.2, 0.25) is 0 Å². The van der Waals surface area contributed by atoms with Crippen LogP contribution in [-0.4, -0.2) is 146 Å². The van der Waals surface area contributed by atoms with Crippen molar-refractivity contribution < 1.29 is 46.7 Å². The molecule has 3 unspecified atom stereocenters. The van der Waals surface area contributed by atoms with E-state index < -0.39 is 82.4 Å². The van der Waals surface area contributed by atoms with Crippen LogP contribution in [0, 0.1) is 22.9 Å². The average Bonchev–Trinajstić information content (AvgIpc) is 4.00. The van der Waals surface area contributed by atoms with Crippen LogP contribution in [0.1, 0.15) is 82.3 Å². The van der Waals surface area contributed by atoms with Crippen LogP contribution < -0.4 is 36.8 Å². The summed E-state index contributed by atoms with van der Waals surface area (Å²) >= 11 is 0. The number of hydrogen-bond acceptors (Lipinski definition) is 11. The molecular weight excluding hydrogens is 994 g/mol. The SMILES string of the molecule is CNC(C)C(=O)NC(C(=O)N1Cc2ccc(NC(=O)CNC(=O)[C@]3(C)CN(C(=O)CN4CC(C)NC[C@@H]4CN4CCOC[C@H]4C)c4cc(Cc5ccc(F)cc5)ccc43)cc2[C@H]1C(=O)Nc1c(F)cccc1F)C(C)(C)C. The van der Waals surface area contributed by atoms with Gasteiger partial charge < -0.3 is 46.4 Å². The highest BCUT2D eigenvalue weighted by molar-refractivity contribution is 6.05. The molecule has 6 amide bonds. The molecule has 0 spiro atoms. The number of para-hydroxylation sites is 1. The number of likely N-dealkylation sites (N-methyl/N-ethyl adjacent to an activating group) is 1. The number of nitrogens with zero attached hydrogens (tertiary/aromatic N) is 4. The number of fused-ring (bicyclic) bond motifs is 2. The van der Waals surface area contributed by atoms with Crippen LogP contribution in [0.25, 0.3) is 0 Å². The van der Waals surface area contributed by atoms with E-state index in [4.69, 9.17) is 4.74 Å². The molecule has 4 aliphatic heterocycles. The standard InChI is InChI=1S/C57H71F3N10O7/c1-33-27-68(41(25-62-33)29-67-20-21-77-31-34(67)2)30-48(72)70-32-57(7,43-19-14-37(23-46(43)70)22-36-12-16-39(58)17-13-36)55(76)63-26-47(71)64-40-18-15-38-28-69(54(75)51(56(4,5)6)66-52(73)35(3)61-8)50(42(38)24-40)53(74)65-49-44(59)10-9-11-45(49)60/h9-19,23-24,33-35,41,50-51,61-62H,20-22,25-32H2,1-8H3,(H,63,76)(H,64,71)(H,65,74)(H,66,73)/t33?,34-,35?,41-,50+,51?,57-/m1/s1. The predicted molar refractivity (Wildman–Crippen MR) is 286 cm³/mol. The summed E-state index contributed by atoms with van der Waals surface area (Å²) in [5.74, 6) is -5.77. The first-order chi connectivity index (χ1) is 36.5. The van der Waals surface area contributed by atoms with Crippen LogP contribution in [-0.2, 0) is 51.9 Å². The highest BCUT2D eigenvalue weighted by Crippen LogP contribution is 2.43. The lowest BCUT2D eigenvalue weighted by Crippen LogP contribution is -2.62. The van der Waals surface area contributed by atoms with E-state index in [1.54, 1.807) is 70.8 Å². The second-order valence-electron chi connectivity index (χ2n) is 22.2. The van der Waals surface area contributed by atoms with E-state index in [0.29, 0.717) is 49.5 Å². The van der Waals surface area contributed by atoms with Crippen LogP contribution in [0.15, 0.2) is 78.9 Å². The fourth-order valence-corrected chi connectivity index (χ4v) is 10.7. The number of nitrogens with one attached hydrogen (secondary N) is 6. The summed E-state index contributed by atoms with van der Waals surface area (Å²) in [7, 11) is 1.60. The number of ether oxygens (including phenoxy) is 1. The minimum atomic E-state index is -1.46. The Morgan fingerprint density at radius 1 is 0.896 bits per heavy atom. The number of carbonyl (C=O) groups excluding carboxylic acids is 6. The van der Waals surface area contributed by atoms with E-state index in [-0.39, 0.29) is 60.7 Å². The molecule has 0 aromatic heterocycles. The van der Waals surface area contributed by atoms with Crippen molar-refractivity contribution in [2.75, 3.05) is 81.6 Å². The summed E-state index contributed by atoms with van der Waals surface area (Å²) in [6, 6.07) is 16.8. The normalized spacial score (nSPS) is 22.4. The molecule has 0 radical (unpaired) electrons. The summed E-state index contributed by atoms with van der Waals surface area (Å²) in [4.78, 5) is 92.6. The Hall–Kier alpha value is -6.71. The Bertz CT molecular complexity index is 2860. The lowest BCUT2D eigenvalue weighted by Gasteiger charge is -2.43. The average molecular weight is 1070 g/mol. The van der Waals surface area contributed by atoms with Crippen molar-refractivity contribution >= 4 is 52.5 Å². The van der Waals surface area contributed by atoms with Crippen molar-refractivity contribution in [3.05, 3.63) is 124 Å². The maximum absolute atomic E-state index is 15.0. The molecule has 8 rings (SSSR count). The quantitative estimate of drug-likeness (QED) is 0.0919. The highest BCUT2D eigenvalue weighted by atomic mass is 19.1. The van der Waals surface area contributed by atoms with E-state index in [0.717, 1.165) is 42.4 Å². The van der Waals surface area contributed by atoms with Gasteiger partial charge >= 0.3 is 0 Å². The molecule has 2 fully saturated rings. The molecule has 4 aromatic rings. The summed E-state index contributed by atoms with van der Waals surface area (Å²) in [5.41, 5.74) is 0.985. The zero-order chi connectivity index (χ0) is 55.5. The van der Waals surface area contributed by atoms with Crippen molar-refractivity contribution in [2.45, 2.75) is 103 Å². The number of piperazine rings is 1. The summed E-state index contributed by atoms with van der Waals surface area (Å²) in [5, 5.41) is 17.1. The Kier molecular flexibility index (Phi) is 17.2. The van der Waals surface area contributed by atoms with Gasteiger partial charge in [0.05, 0.1) is 37.8 Å². The van der Waals surface area contributed by atoms with Gasteiger partial charge in [0.15, 0.2) is 0 Å². The third-order valence-electron chi connectivity index (χ3n) is 15.3. The molecule has 4 aliphatic rings. The van der Waals surface area contributed by atoms with Crippen molar-refractivity contribution in [3.63, 3.8) is 0 Å². The zero-order valence-electron chi connectivity index (χ0n) is 45.0. The Labute approximate surface area is 448 Å². The molecule has 0 saturated carbocycles. The van der Waals surface area contributed by atoms with Crippen LogP contribution >= 0.6 is 0 Å². The van der Waals surface area contributed by atoms with Crippen molar-refractivity contribution in [2.24, 2.45) is 5.41 Å². The molecule has 7 atom stereocenters. The highest BCUT2D eigenvalue weighted by Gasteiger charge is 2.48. The number of halogens is 3. The fraction of sp³-hybridized carbons (Fsp3) is 0.474. The number of rotatable bonds is 16. The van der Waals surface area contributed by atoms with Gasteiger partial charge in [0.25, 0.3) is 5.91 Å². The number of benzene rings is 4. The molecule has 0 bridgehead atoms. The van der Waals surface area contributed by atoms with Gasteiger partial charge in [0, 0.05) is 68.8 Å². The van der Waals surface area contributed by atoms with Gasteiger partial charge in [0.1, 0.15) is 35.2 Å². The van der Waals surface area contributed by atoms with Crippen molar-refractivity contribution in [1.29, 1.82) is 0 Å². The lowest BCUT2D eigenvalue weighted by atomic mass is 9.83. The largest absolute Gasteiger partial charge is 0.379 e. The topological polar surface area (TPSA) is 197 Å². The van der Waals surface area contributed by atoms with Crippen molar-refractivity contribution in [3.8, 4) is 0 Å². The first-order valence-corrected chi connectivity index (χ1v) is 26.3. The Morgan fingerprint density at radius 2 is 1.61 bits per heavy atom. The van der Waals surface area contributed by atoms with E-state index in [1.165, 1.54) is 23.1 Å². The molecular formula is C57H71F3N10O7. The molecule has 2 saturated heterocycles. The van der Waals surface area contributed by atoms with Gasteiger partial charge in [-0.3, -0.25) is 38.6 Å². The van der Waals surface area contributed by atoms with Gasteiger partial charge in [-0.05, 0) is 117 Å². The minimum absolute atomic E-state index is 0.00399. The number of hydrogen-bond donors (Lipinski definition) is 6. The molecule has 4 heterocycles. The minimum Gasteiger partial charge on any atom is -0.379 e. The Balaban J connectivity index is 1.01. The van der Waals surface area contributed by atoms with E-state index in [1.807, 2.05) is 18.2 Å².